The van der Waals surface area contributed by atoms with E-state index in [1.165, 1.54) is 17.4 Å². The van der Waals surface area contributed by atoms with Gasteiger partial charge >= 0.3 is 5.97 Å². The molecule has 0 N–H and O–H groups in total. The number of carbonyl (C=O) groups is 1. The van der Waals surface area contributed by atoms with Crippen molar-refractivity contribution in [1.29, 1.82) is 0 Å². The highest BCUT2D eigenvalue weighted by Crippen LogP contribution is 2.33. The standard InChI is InChI=1S/C19H21N3O2S/c1-5-24-16(23)11-10-15-17(19(2,3)4)21-18(25-15)22-12-20-13-8-6-7-9-14(13)22/h6-12H,5H2,1-4H3/b11-10+. The number of esters is 1. The molecule has 0 unspecified atom stereocenters. The van der Waals surface area contributed by atoms with Gasteiger partial charge in [-0.1, -0.05) is 44.2 Å². The summed E-state index contributed by atoms with van der Waals surface area (Å²) in [5.41, 5.74) is 2.75. The van der Waals surface area contributed by atoms with Crippen LogP contribution in [0.3, 0.4) is 0 Å². The number of hydrogen-bond donors (Lipinski definition) is 0. The number of carbonyl (C=O) groups excluding carboxylic acids is 1. The van der Waals surface area contributed by atoms with Gasteiger partial charge in [0.25, 0.3) is 0 Å². The van der Waals surface area contributed by atoms with Crippen LogP contribution in [-0.4, -0.2) is 27.1 Å². The monoisotopic (exact) mass is 355 g/mol. The van der Waals surface area contributed by atoms with Crippen molar-refractivity contribution < 1.29 is 9.53 Å². The SMILES string of the molecule is CCOC(=O)/C=C/c1sc(-n2cnc3ccccc32)nc1C(C)(C)C. The van der Waals surface area contributed by atoms with Crippen molar-refractivity contribution in [2.24, 2.45) is 0 Å². The number of nitrogens with zero attached hydrogens (tertiary/aromatic N) is 3. The molecule has 130 valence electrons. The van der Waals surface area contributed by atoms with Crippen LogP contribution in [0.25, 0.3) is 22.2 Å². The van der Waals surface area contributed by atoms with Gasteiger partial charge in [-0.25, -0.2) is 14.8 Å². The first-order valence-corrected chi connectivity index (χ1v) is 9.00. The van der Waals surface area contributed by atoms with Crippen LogP contribution in [0.15, 0.2) is 36.7 Å². The molecule has 3 aromatic rings. The first kappa shape index (κ1) is 17.4. The third-order valence-corrected chi connectivity index (χ3v) is 4.69. The van der Waals surface area contributed by atoms with Gasteiger partial charge in [-0.05, 0) is 25.1 Å². The van der Waals surface area contributed by atoms with Crippen molar-refractivity contribution in [1.82, 2.24) is 14.5 Å². The number of imidazole rings is 1. The van der Waals surface area contributed by atoms with Gasteiger partial charge in [-0.15, -0.1) is 0 Å². The normalized spacial score (nSPS) is 12.2. The van der Waals surface area contributed by atoms with Crippen LogP contribution in [-0.2, 0) is 14.9 Å². The number of para-hydroxylation sites is 2. The van der Waals surface area contributed by atoms with Crippen LogP contribution < -0.4 is 0 Å². The number of thiazole rings is 1. The minimum atomic E-state index is -0.342. The van der Waals surface area contributed by atoms with Crippen LogP contribution in [0.5, 0.6) is 0 Å². The zero-order chi connectivity index (χ0) is 18.0. The zero-order valence-corrected chi connectivity index (χ0v) is 15.6. The van der Waals surface area contributed by atoms with Crippen LogP contribution in [0.2, 0.25) is 0 Å². The van der Waals surface area contributed by atoms with E-state index in [0.717, 1.165) is 26.7 Å². The number of benzene rings is 1. The molecule has 0 saturated heterocycles. The van der Waals surface area contributed by atoms with Crippen LogP contribution in [0.1, 0.15) is 38.3 Å². The number of rotatable bonds is 4. The van der Waals surface area contributed by atoms with E-state index in [9.17, 15) is 4.79 Å². The maximum atomic E-state index is 11.6. The molecule has 2 heterocycles. The molecule has 0 bridgehead atoms. The highest BCUT2D eigenvalue weighted by molar-refractivity contribution is 7.15. The highest BCUT2D eigenvalue weighted by atomic mass is 32.1. The molecule has 0 aliphatic rings. The highest BCUT2D eigenvalue weighted by Gasteiger charge is 2.23. The summed E-state index contributed by atoms with van der Waals surface area (Å²) in [6.07, 6.45) is 5.04. The lowest BCUT2D eigenvalue weighted by molar-refractivity contribution is -0.137. The Morgan fingerprint density at radius 2 is 2.08 bits per heavy atom. The molecule has 0 spiro atoms. The second kappa shape index (κ2) is 6.80. The summed E-state index contributed by atoms with van der Waals surface area (Å²) < 4.78 is 6.95. The molecule has 0 radical (unpaired) electrons. The average Bonchev–Trinajstić information content (AvgIpc) is 3.16. The molecule has 0 saturated carbocycles. The number of ether oxygens (including phenoxy) is 1. The Bertz CT molecular complexity index is 932. The zero-order valence-electron chi connectivity index (χ0n) is 14.8. The second-order valence-electron chi connectivity index (χ2n) is 6.65. The number of fused-ring (bicyclic) bond motifs is 1. The summed E-state index contributed by atoms with van der Waals surface area (Å²) >= 11 is 1.54. The Morgan fingerprint density at radius 1 is 1.32 bits per heavy atom. The van der Waals surface area contributed by atoms with E-state index in [-0.39, 0.29) is 11.4 Å². The maximum Gasteiger partial charge on any atom is 0.330 e. The molecule has 0 fully saturated rings. The van der Waals surface area contributed by atoms with Crippen molar-refractivity contribution in [2.75, 3.05) is 6.61 Å². The minimum absolute atomic E-state index is 0.139. The molecule has 3 rings (SSSR count). The van der Waals surface area contributed by atoms with Gasteiger partial charge in [0.1, 0.15) is 6.33 Å². The molecular formula is C19H21N3O2S. The van der Waals surface area contributed by atoms with E-state index in [2.05, 4.69) is 25.8 Å². The van der Waals surface area contributed by atoms with Crippen molar-refractivity contribution in [2.45, 2.75) is 33.1 Å². The van der Waals surface area contributed by atoms with Gasteiger partial charge < -0.3 is 4.74 Å². The van der Waals surface area contributed by atoms with Gasteiger partial charge in [0, 0.05) is 11.5 Å². The molecule has 1 aromatic carbocycles. The van der Waals surface area contributed by atoms with Gasteiger partial charge in [0.2, 0.25) is 0 Å². The van der Waals surface area contributed by atoms with Crippen LogP contribution in [0.4, 0.5) is 0 Å². The Labute approximate surface area is 151 Å². The largest absolute Gasteiger partial charge is 0.463 e. The van der Waals surface area contributed by atoms with Crippen LogP contribution >= 0.6 is 11.3 Å². The molecule has 6 heteroatoms. The summed E-state index contributed by atoms with van der Waals surface area (Å²) in [5.74, 6) is -0.342. The summed E-state index contributed by atoms with van der Waals surface area (Å²) in [6.45, 7) is 8.49. The van der Waals surface area contributed by atoms with E-state index in [0.29, 0.717) is 6.61 Å². The van der Waals surface area contributed by atoms with E-state index >= 15 is 0 Å². The van der Waals surface area contributed by atoms with Gasteiger partial charge in [-0.3, -0.25) is 4.57 Å². The fraction of sp³-hybridized carbons (Fsp3) is 0.316. The third kappa shape index (κ3) is 3.64. The van der Waals surface area contributed by atoms with E-state index in [1.807, 2.05) is 28.8 Å². The summed E-state index contributed by atoms with van der Waals surface area (Å²) in [6, 6.07) is 7.95. The predicted molar refractivity (Wildman–Crippen MR) is 101 cm³/mol. The molecule has 5 nitrogen and oxygen atoms in total. The maximum absolute atomic E-state index is 11.6. The summed E-state index contributed by atoms with van der Waals surface area (Å²) in [4.78, 5) is 21.9. The number of hydrogen-bond acceptors (Lipinski definition) is 5. The van der Waals surface area contributed by atoms with Crippen molar-refractivity contribution >= 4 is 34.4 Å². The Hall–Kier alpha value is -2.47. The molecule has 2 aromatic heterocycles. The quantitative estimate of drug-likeness (QED) is 0.515. The fourth-order valence-electron chi connectivity index (χ4n) is 2.52. The molecule has 0 atom stereocenters. The van der Waals surface area contributed by atoms with E-state index < -0.39 is 0 Å². The second-order valence-corrected chi connectivity index (χ2v) is 7.66. The average molecular weight is 355 g/mol. The molecule has 0 amide bonds. The van der Waals surface area contributed by atoms with Gasteiger partial charge in [0.05, 0.1) is 28.2 Å². The van der Waals surface area contributed by atoms with Crippen molar-refractivity contribution in [3.8, 4) is 5.13 Å². The molecule has 0 aliphatic heterocycles. The minimum Gasteiger partial charge on any atom is -0.463 e. The lowest BCUT2D eigenvalue weighted by Gasteiger charge is -2.16. The lowest BCUT2D eigenvalue weighted by Crippen LogP contribution is -2.13. The summed E-state index contributed by atoms with van der Waals surface area (Å²) in [5, 5.41) is 0.835. The summed E-state index contributed by atoms with van der Waals surface area (Å²) in [7, 11) is 0. The first-order chi connectivity index (χ1) is 11.9. The first-order valence-electron chi connectivity index (χ1n) is 8.18. The van der Waals surface area contributed by atoms with Crippen LogP contribution in [0, 0.1) is 0 Å². The number of aromatic nitrogens is 3. The molecule has 0 aliphatic carbocycles. The van der Waals surface area contributed by atoms with E-state index in [4.69, 9.17) is 9.72 Å². The fourth-order valence-corrected chi connectivity index (χ4v) is 3.68. The third-order valence-electron chi connectivity index (χ3n) is 3.67. The molecular weight excluding hydrogens is 334 g/mol. The Balaban J connectivity index is 2.06. The van der Waals surface area contributed by atoms with Gasteiger partial charge in [-0.2, -0.15) is 0 Å². The Morgan fingerprint density at radius 3 is 2.80 bits per heavy atom. The Kier molecular flexibility index (Phi) is 4.72. The smallest absolute Gasteiger partial charge is 0.330 e. The molecule has 25 heavy (non-hydrogen) atoms. The van der Waals surface area contributed by atoms with Gasteiger partial charge in [0.15, 0.2) is 5.13 Å². The van der Waals surface area contributed by atoms with E-state index in [1.54, 1.807) is 19.3 Å². The van der Waals surface area contributed by atoms with Crippen molar-refractivity contribution in [3.05, 3.63) is 47.2 Å². The van der Waals surface area contributed by atoms with Crippen molar-refractivity contribution in [3.63, 3.8) is 0 Å². The topological polar surface area (TPSA) is 57.0 Å². The lowest BCUT2D eigenvalue weighted by atomic mass is 9.91. The predicted octanol–water partition coefficient (Wildman–Crippen LogP) is 4.36.